The lowest BCUT2D eigenvalue weighted by Crippen LogP contribution is -2.12. The third-order valence-corrected chi connectivity index (χ3v) is 10.0. The van der Waals surface area contributed by atoms with E-state index in [-0.39, 0.29) is 34.3 Å². The summed E-state index contributed by atoms with van der Waals surface area (Å²) in [5, 5.41) is 27.2. The van der Waals surface area contributed by atoms with Gasteiger partial charge in [-0.1, -0.05) is 60.7 Å². The van der Waals surface area contributed by atoms with Crippen molar-refractivity contribution in [3.05, 3.63) is 114 Å². The van der Waals surface area contributed by atoms with Crippen LogP contribution in [0.25, 0.3) is 12.2 Å². The molecule has 0 amide bonds. The van der Waals surface area contributed by atoms with E-state index >= 15 is 0 Å². The summed E-state index contributed by atoms with van der Waals surface area (Å²) < 4.78 is 86.9. The van der Waals surface area contributed by atoms with Gasteiger partial charge in [-0.15, -0.1) is 0 Å². The Hall–Kier alpha value is -5.44. The van der Waals surface area contributed by atoms with Crippen LogP contribution < -0.4 is 22.6 Å². The predicted octanol–water partition coefficient (Wildman–Crippen LogP) is 7.43. The molecule has 4 rings (SSSR count). The number of phosphoric ester groups is 3. The normalized spacial score (nSPS) is 14.5. The molecule has 0 saturated heterocycles. The van der Waals surface area contributed by atoms with Gasteiger partial charge in [-0.25, -0.2) is 28.1 Å². The molecule has 0 heterocycles. The summed E-state index contributed by atoms with van der Waals surface area (Å²) in [5.41, 5.74) is 0.725. The minimum Gasteiger partial charge on any atom is -0.480 e. The van der Waals surface area contributed by atoms with Crippen LogP contribution in [0.1, 0.15) is 11.1 Å². The van der Waals surface area contributed by atoms with E-state index in [4.69, 9.17) is 45.8 Å². The van der Waals surface area contributed by atoms with E-state index in [1.165, 1.54) is 66.7 Å². The molecule has 54 heavy (non-hydrogen) atoms. The summed E-state index contributed by atoms with van der Waals surface area (Å²) in [5.74, 6) is -4.98. The lowest BCUT2D eigenvalue weighted by molar-refractivity contribution is -0.140. The molecule has 3 atom stereocenters. The standard InChI is InChI=1S/C33H31O18P3/c1-43-52(40,44-21-31(34)35)47-28-16-14-24(15-17-28)12-13-25-18-29(50-53(41,45-22-32(36)37)48-26-8-4-2-5-9-26)20-30(19-25)51-54(42,46-23-33(38)39)49-27-10-6-3-7-11-27/h2-20H,21-23H2,1H3,(H,34,35)(H,36,37)(H,38,39)/b13-12+. The fourth-order valence-electron chi connectivity index (χ4n) is 3.90. The zero-order chi connectivity index (χ0) is 39.2. The van der Waals surface area contributed by atoms with Crippen molar-refractivity contribution in [2.45, 2.75) is 0 Å². The molecule has 0 spiro atoms. The highest BCUT2D eigenvalue weighted by Crippen LogP contribution is 2.53. The van der Waals surface area contributed by atoms with Crippen molar-refractivity contribution in [3.63, 3.8) is 0 Å². The van der Waals surface area contributed by atoms with Gasteiger partial charge in [0.15, 0.2) is 19.8 Å². The van der Waals surface area contributed by atoms with Crippen molar-refractivity contribution < 1.29 is 84.1 Å². The van der Waals surface area contributed by atoms with Crippen LogP contribution in [-0.4, -0.2) is 60.2 Å². The van der Waals surface area contributed by atoms with Crippen molar-refractivity contribution in [3.8, 4) is 28.7 Å². The highest BCUT2D eigenvalue weighted by molar-refractivity contribution is 7.49. The fourth-order valence-corrected chi connectivity index (χ4v) is 7.09. The van der Waals surface area contributed by atoms with Gasteiger partial charge in [0, 0.05) is 13.2 Å². The highest BCUT2D eigenvalue weighted by Gasteiger charge is 2.35. The maximum Gasteiger partial charge on any atom is 0.588 e. The first kappa shape index (κ1) is 41.3. The average Bonchev–Trinajstić information content (AvgIpc) is 3.13. The molecule has 0 aliphatic heterocycles. The van der Waals surface area contributed by atoms with Crippen LogP contribution in [0, 0.1) is 0 Å². The molecule has 0 bridgehead atoms. The summed E-state index contributed by atoms with van der Waals surface area (Å²) in [4.78, 5) is 33.4. The smallest absolute Gasteiger partial charge is 0.480 e. The zero-order valence-corrected chi connectivity index (χ0v) is 30.6. The molecule has 4 aromatic rings. The van der Waals surface area contributed by atoms with Gasteiger partial charge in [0.25, 0.3) is 0 Å². The Morgan fingerprint density at radius 1 is 0.481 bits per heavy atom. The van der Waals surface area contributed by atoms with Crippen LogP contribution in [0.3, 0.4) is 0 Å². The Bertz CT molecular complexity index is 1980. The summed E-state index contributed by atoms with van der Waals surface area (Å²) in [6.45, 7) is -3.09. The number of carboxylic acid groups (broad SMARTS) is 3. The lowest BCUT2D eigenvalue weighted by Gasteiger charge is -2.21. The van der Waals surface area contributed by atoms with E-state index in [1.807, 2.05) is 0 Å². The molecule has 0 radical (unpaired) electrons. The van der Waals surface area contributed by atoms with E-state index < -0.39 is 61.2 Å². The van der Waals surface area contributed by atoms with E-state index in [9.17, 15) is 38.3 Å². The molecule has 0 aromatic heterocycles. The maximum atomic E-state index is 13.8. The van der Waals surface area contributed by atoms with Crippen LogP contribution in [0.15, 0.2) is 103 Å². The Balaban J connectivity index is 1.69. The van der Waals surface area contributed by atoms with Crippen molar-refractivity contribution >= 4 is 53.5 Å². The van der Waals surface area contributed by atoms with Crippen molar-refractivity contribution in [2.24, 2.45) is 0 Å². The van der Waals surface area contributed by atoms with Gasteiger partial charge in [0.1, 0.15) is 28.7 Å². The van der Waals surface area contributed by atoms with Crippen LogP contribution in [-0.2, 0) is 46.2 Å². The van der Waals surface area contributed by atoms with Crippen molar-refractivity contribution in [1.29, 1.82) is 0 Å². The largest absolute Gasteiger partial charge is 0.588 e. The third kappa shape index (κ3) is 13.8. The van der Waals surface area contributed by atoms with E-state index in [0.29, 0.717) is 5.56 Å². The number of carbonyl (C=O) groups is 3. The van der Waals surface area contributed by atoms with E-state index in [1.54, 1.807) is 42.5 Å². The second kappa shape index (κ2) is 19.1. The summed E-state index contributed by atoms with van der Waals surface area (Å²) in [6, 6.07) is 24.7. The summed E-state index contributed by atoms with van der Waals surface area (Å²) in [6.07, 6.45) is 3.03. The molecular weight excluding hydrogens is 777 g/mol. The van der Waals surface area contributed by atoms with Crippen LogP contribution in [0.5, 0.6) is 28.7 Å². The highest BCUT2D eigenvalue weighted by atomic mass is 31.2. The topological polar surface area (TPSA) is 246 Å². The first-order valence-corrected chi connectivity index (χ1v) is 19.5. The maximum absolute atomic E-state index is 13.8. The number of carboxylic acids is 3. The van der Waals surface area contributed by atoms with Gasteiger partial charge in [0.05, 0.1) is 0 Å². The summed E-state index contributed by atoms with van der Waals surface area (Å²) >= 11 is 0. The first-order valence-electron chi connectivity index (χ1n) is 15.1. The van der Waals surface area contributed by atoms with E-state index in [2.05, 4.69) is 0 Å². The Morgan fingerprint density at radius 2 is 0.833 bits per heavy atom. The number of benzene rings is 4. The van der Waals surface area contributed by atoms with Gasteiger partial charge in [-0.05, 0) is 59.7 Å². The second-order valence-electron chi connectivity index (χ2n) is 10.2. The molecule has 286 valence electrons. The SMILES string of the molecule is COP(=O)(OCC(=O)O)Oc1ccc(/C=C/c2cc(OP(=O)(OCC(=O)O)Oc3ccccc3)cc(OP(=O)(OCC(=O)O)Oc3ccccc3)c2)cc1. The molecule has 0 fully saturated rings. The Morgan fingerprint density at radius 3 is 1.24 bits per heavy atom. The third-order valence-electron chi connectivity index (χ3n) is 6.09. The minimum absolute atomic E-state index is 0.00399. The molecule has 4 aromatic carbocycles. The number of hydrogen-bond acceptors (Lipinski definition) is 15. The zero-order valence-electron chi connectivity index (χ0n) is 27.9. The molecule has 18 nitrogen and oxygen atoms in total. The molecule has 3 N–H and O–H groups in total. The minimum atomic E-state index is -4.76. The molecule has 3 unspecified atom stereocenters. The van der Waals surface area contributed by atoms with Gasteiger partial charge < -0.3 is 37.9 Å². The molecule has 0 saturated carbocycles. The van der Waals surface area contributed by atoms with Gasteiger partial charge in [0.2, 0.25) is 0 Å². The Labute approximate surface area is 307 Å². The molecule has 0 aliphatic rings. The fraction of sp³-hybridized carbons (Fsp3) is 0.121. The van der Waals surface area contributed by atoms with Gasteiger partial charge >= 0.3 is 41.4 Å². The number of aliphatic carboxylic acids is 3. The quantitative estimate of drug-likeness (QED) is 0.0516. The van der Waals surface area contributed by atoms with E-state index in [0.717, 1.165) is 13.2 Å². The first-order chi connectivity index (χ1) is 25.7. The number of hydrogen-bond donors (Lipinski definition) is 3. The van der Waals surface area contributed by atoms with Gasteiger partial charge in [-0.2, -0.15) is 0 Å². The number of rotatable bonds is 22. The van der Waals surface area contributed by atoms with Crippen LogP contribution in [0.2, 0.25) is 0 Å². The molecule has 21 heteroatoms. The van der Waals surface area contributed by atoms with Crippen LogP contribution in [0.4, 0.5) is 0 Å². The van der Waals surface area contributed by atoms with Crippen molar-refractivity contribution in [1.82, 2.24) is 0 Å². The lowest BCUT2D eigenvalue weighted by atomic mass is 10.1. The summed E-state index contributed by atoms with van der Waals surface area (Å²) in [7, 11) is -12.7. The monoisotopic (exact) mass is 808 g/mol. The average molecular weight is 809 g/mol. The van der Waals surface area contributed by atoms with Gasteiger partial charge in [-0.3, -0.25) is 18.1 Å². The Kier molecular flexibility index (Phi) is 14.6. The van der Waals surface area contributed by atoms with Crippen molar-refractivity contribution in [2.75, 3.05) is 26.9 Å². The predicted molar refractivity (Wildman–Crippen MR) is 188 cm³/mol. The number of phosphoric acid groups is 3. The van der Waals surface area contributed by atoms with Crippen LogP contribution >= 0.6 is 23.5 Å². The second-order valence-corrected chi connectivity index (χ2v) is 15.0. The molecule has 0 aliphatic carbocycles. The number of para-hydroxylation sites is 2. The molecular formula is C33H31O18P3.